The van der Waals surface area contributed by atoms with Crippen LogP contribution in [0.3, 0.4) is 0 Å². The third-order valence-corrected chi connectivity index (χ3v) is 4.44. The zero-order chi connectivity index (χ0) is 14.8. The Hall–Kier alpha value is -2.00. The number of rotatable bonds is 3. The van der Waals surface area contributed by atoms with E-state index in [-0.39, 0.29) is 0 Å². The van der Waals surface area contributed by atoms with E-state index in [9.17, 15) is 0 Å². The minimum atomic E-state index is 0.996. The van der Waals surface area contributed by atoms with E-state index < -0.39 is 0 Å². The van der Waals surface area contributed by atoms with Crippen molar-refractivity contribution in [3.8, 4) is 0 Å². The first-order valence-corrected chi connectivity index (χ1v) is 8.15. The highest BCUT2D eigenvalue weighted by Crippen LogP contribution is 2.22. The van der Waals surface area contributed by atoms with Crippen LogP contribution in [0.5, 0.6) is 0 Å². The third-order valence-electron chi connectivity index (χ3n) is 3.69. The summed E-state index contributed by atoms with van der Waals surface area (Å²) in [5.41, 5.74) is 4.42. The Morgan fingerprint density at radius 2 is 1.76 bits per heavy atom. The minimum Gasteiger partial charge on any atom is -0.343 e. The lowest BCUT2D eigenvalue weighted by molar-refractivity contribution is 0.953. The summed E-state index contributed by atoms with van der Waals surface area (Å²) < 4.78 is 2.20. The van der Waals surface area contributed by atoms with Crippen molar-refractivity contribution in [1.82, 2.24) is 4.57 Å². The molecule has 21 heavy (non-hydrogen) atoms. The molecule has 0 saturated heterocycles. The van der Waals surface area contributed by atoms with Gasteiger partial charge in [0.25, 0.3) is 0 Å². The number of hydrogen-bond donors (Lipinski definition) is 0. The van der Waals surface area contributed by atoms with Crippen molar-refractivity contribution in [3.05, 3.63) is 60.3 Å². The molecule has 1 aromatic heterocycles. The Balaban J connectivity index is 2.00. The van der Waals surface area contributed by atoms with Gasteiger partial charge >= 0.3 is 0 Å². The topological polar surface area (TPSA) is 17.3 Å². The molecule has 0 fully saturated rings. The second-order valence-electron chi connectivity index (χ2n) is 5.04. The predicted molar refractivity (Wildman–Crippen MR) is 93.0 cm³/mol. The molecule has 3 rings (SSSR count). The Labute approximate surface area is 129 Å². The van der Waals surface area contributed by atoms with E-state index in [1.165, 1.54) is 15.8 Å². The summed E-state index contributed by atoms with van der Waals surface area (Å²) in [4.78, 5) is 6.01. The van der Waals surface area contributed by atoms with Crippen LogP contribution >= 0.6 is 11.8 Å². The van der Waals surface area contributed by atoms with E-state index in [1.54, 1.807) is 11.8 Å². The van der Waals surface area contributed by atoms with Crippen molar-refractivity contribution < 1.29 is 0 Å². The summed E-state index contributed by atoms with van der Waals surface area (Å²) in [6, 6.07) is 19.0. The van der Waals surface area contributed by atoms with Gasteiger partial charge < -0.3 is 4.57 Å². The van der Waals surface area contributed by atoms with E-state index in [0.29, 0.717) is 0 Å². The Morgan fingerprint density at radius 1 is 1.05 bits per heavy atom. The summed E-state index contributed by atoms with van der Waals surface area (Å²) in [5, 5.41) is 1.25. The van der Waals surface area contributed by atoms with Gasteiger partial charge in [-0.15, -0.1) is 11.8 Å². The first-order valence-electron chi connectivity index (χ1n) is 6.93. The molecule has 3 heteroatoms. The Morgan fingerprint density at radius 3 is 2.43 bits per heavy atom. The van der Waals surface area contributed by atoms with Crippen LogP contribution in [0.15, 0.2) is 64.5 Å². The van der Waals surface area contributed by atoms with Gasteiger partial charge in [0.05, 0.1) is 17.1 Å². The van der Waals surface area contributed by atoms with Crippen LogP contribution in [-0.2, 0) is 7.05 Å². The maximum Gasteiger partial charge on any atom is 0.0634 e. The van der Waals surface area contributed by atoms with Crippen LogP contribution in [0.1, 0.15) is 12.6 Å². The number of thioether (sulfide) groups is 1. The zero-order valence-corrected chi connectivity index (χ0v) is 13.3. The molecule has 0 radical (unpaired) electrons. The van der Waals surface area contributed by atoms with Gasteiger partial charge in [-0.2, -0.15) is 0 Å². The van der Waals surface area contributed by atoms with Gasteiger partial charge in [0.15, 0.2) is 0 Å². The molecular weight excluding hydrogens is 276 g/mol. The first kappa shape index (κ1) is 14.0. The van der Waals surface area contributed by atoms with Crippen LogP contribution in [0.4, 0.5) is 5.69 Å². The van der Waals surface area contributed by atoms with Crippen molar-refractivity contribution in [2.75, 3.05) is 6.26 Å². The molecule has 0 spiro atoms. The Bertz CT molecular complexity index is 798. The third kappa shape index (κ3) is 2.74. The van der Waals surface area contributed by atoms with Gasteiger partial charge in [0.1, 0.15) is 0 Å². The molecule has 0 aliphatic rings. The highest BCUT2D eigenvalue weighted by Gasteiger charge is 2.07. The molecular formula is C18H18N2S. The van der Waals surface area contributed by atoms with Crippen LogP contribution < -0.4 is 0 Å². The van der Waals surface area contributed by atoms with Crippen LogP contribution in [-0.4, -0.2) is 16.5 Å². The number of para-hydroxylation sites is 1. The highest BCUT2D eigenvalue weighted by molar-refractivity contribution is 7.98. The van der Waals surface area contributed by atoms with E-state index in [0.717, 1.165) is 17.1 Å². The standard InChI is InChI=1S/C18H18N2S/c1-13(19-15-8-10-16(21-3)11-9-15)18-12-14-6-4-5-7-17(14)20(18)2/h4-12H,1-3H3/b19-13+. The van der Waals surface area contributed by atoms with Gasteiger partial charge in [0.2, 0.25) is 0 Å². The number of nitrogens with zero attached hydrogens (tertiary/aromatic N) is 2. The minimum absolute atomic E-state index is 0.996. The molecule has 0 N–H and O–H groups in total. The van der Waals surface area contributed by atoms with Crippen molar-refractivity contribution in [1.29, 1.82) is 0 Å². The first-order chi connectivity index (χ1) is 10.2. The van der Waals surface area contributed by atoms with Crippen molar-refractivity contribution >= 4 is 34.1 Å². The lowest BCUT2D eigenvalue weighted by Gasteiger charge is -2.04. The van der Waals surface area contributed by atoms with Crippen molar-refractivity contribution in [2.24, 2.45) is 12.0 Å². The van der Waals surface area contributed by atoms with E-state index in [1.807, 2.05) is 0 Å². The quantitative estimate of drug-likeness (QED) is 0.488. The molecule has 0 atom stereocenters. The van der Waals surface area contributed by atoms with E-state index >= 15 is 0 Å². The fourth-order valence-corrected chi connectivity index (χ4v) is 2.95. The van der Waals surface area contributed by atoms with Crippen LogP contribution in [0.2, 0.25) is 0 Å². The lowest BCUT2D eigenvalue weighted by atomic mass is 10.2. The smallest absolute Gasteiger partial charge is 0.0634 e. The van der Waals surface area contributed by atoms with Gasteiger partial charge in [-0.3, -0.25) is 4.99 Å². The molecule has 0 bridgehead atoms. The number of benzene rings is 2. The molecule has 0 aliphatic carbocycles. The molecule has 2 nitrogen and oxygen atoms in total. The number of aliphatic imine (C=N–C) groups is 1. The maximum atomic E-state index is 4.75. The monoisotopic (exact) mass is 294 g/mol. The normalized spacial score (nSPS) is 12.0. The fraction of sp³-hybridized carbons (Fsp3) is 0.167. The maximum absolute atomic E-state index is 4.75. The molecule has 106 valence electrons. The largest absolute Gasteiger partial charge is 0.343 e. The average Bonchev–Trinajstić information content (AvgIpc) is 2.86. The van der Waals surface area contributed by atoms with Gasteiger partial charge in [0, 0.05) is 22.8 Å². The molecule has 3 aromatic rings. The summed E-state index contributed by atoms with van der Waals surface area (Å²) in [7, 11) is 2.09. The van der Waals surface area contributed by atoms with E-state index in [2.05, 4.69) is 79.4 Å². The zero-order valence-electron chi connectivity index (χ0n) is 12.5. The van der Waals surface area contributed by atoms with Crippen molar-refractivity contribution in [2.45, 2.75) is 11.8 Å². The number of hydrogen-bond acceptors (Lipinski definition) is 2. The number of aryl methyl sites for hydroxylation is 1. The second kappa shape index (κ2) is 5.78. The summed E-state index contributed by atoms with van der Waals surface area (Å²) in [6.45, 7) is 2.07. The van der Waals surface area contributed by atoms with Crippen molar-refractivity contribution in [3.63, 3.8) is 0 Å². The fourth-order valence-electron chi connectivity index (χ4n) is 2.54. The SMILES string of the molecule is CSc1ccc(/N=C(\C)c2cc3ccccc3n2C)cc1. The highest BCUT2D eigenvalue weighted by atomic mass is 32.2. The lowest BCUT2D eigenvalue weighted by Crippen LogP contribution is -2.02. The van der Waals surface area contributed by atoms with Gasteiger partial charge in [-0.05, 0) is 49.6 Å². The molecule has 0 unspecified atom stereocenters. The molecule has 0 saturated carbocycles. The van der Waals surface area contributed by atoms with Crippen LogP contribution in [0, 0.1) is 0 Å². The average molecular weight is 294 g/mol. The molecule has 0 aliphatic heterocycles. The second-order valence-corrected chi connectivity index (χ2v) is 5.92. The van der Waals surface area contributed by atoms with Gasteiger partial charge in [-0.25, -0.2) is 0 Å². The molecule has 0 amide bonds. The summed E-state index contributed by atoms with van der Waals surface area (Å²) >= 11 is 1.75. The van der Waals surface area contributed by atoms with Gasteiger partial charge in [-0.1, -0.05) is 18.2 Å². The van der Waals surface area contributed by atoms with Crippen LogP contribution in [0.25, 0.3) is 10.9 Å². The molecule has 1 heterocycles. The molecule has 2 aromatic carbocycles. The number of fused-ring (bicyclic) bond motifs is 1. The van der Waals surface area contributed by atoms with E-state index in [4.69, 9.17) is 4.99 Å². The summed E-state index contributed by atoms with van der Waals surface area (Å²) in [6.07, 6.45) is 2.08. The summed E-state index contributed by atoms with van der Waals surface area (Å²) in [5.74, 6) is 0. The predicted octanol–water partition coefficient (Wildman–Crippen LogP) is 5.04. The number of aromatic nitrogens is 1. The Kier molecular flexibility index (Phi) is 3.84.